The summed E-state index contributed by atoms with van der Waals surface area (Å²) in [5.41, 5.74) is 1.10. The van der Waals surface area contributed by atoms with Crippen molar-refractivity contribution >= 4 is 11.6 Å². The first kappa shape index (κ1) is 14.2. The van der Waals surface area contributed by atoms with Crippen molar-refractivity contribution in [3.63, 3.8) is 0 Å². The normalized spacial score (nSPS) is 12.1. The standard InChI is InChI=1S/C14H17N3O3/c1-20-8-7-17-10-12(9-15-17)16-14(19)13(18)11-5-3-2-4-6-11/h2-6,9-10,13,18H,7-8H2,1H3,(H,16,19). The molecule has 2 rings (SSSR count). The van der Waals surface area contributed by atoms with E-state index in [2.05, 4.69) is 10.4 Å². The van der Waals surface area contributed by atoms with E-state index in [1.165, 1.54) is 6.20 Å². The van der Waals surface area contributed by atoms with E-state index in [-0.39, 0.29) is 0 Å². The number of carbonyl (C=O) groups excluding carboxylic acids is 1. The number of anilines is 1. The maximum atomic E-state index is 11.9. The minimum atomic E-state index is -1.20. The number of carbonyl (C=O) groups is 1. The lowest BCUT2D eigenvalue weighted by Crippen LogP contribution is -2.20. The Bertz CT molecular complexity index is 554. The Hall–Kier alpha value is -2.18. The van der Waals surface area contributed by atoms with Gasteiger partial charge in [-0.1, -0.05) is 30.3 Å². The molecule has 0 saturated heterocycles. The molecule has 2 aromatic rings. The summed E-state index contributed by atoms with van der Waals surface area (Å²) in [7, 11) is 1.61. The molecule has 20 heavy (non-hydrogen) atoms. The smallest absolute Gasteiger partial charge is 0.257 e. The zero-order valence-electron chi connectivity index (χ0n) is 11.2. The Labute approximate surface area is 117 Å². The molecule has 0 spiro atoms. The summed E-state index contributed by atoms with van der Waals surface area (Å²) in [5.74, 6) is -0.484. The summed E-state index contributed by atoms with van der Waals surface area (Å²) in [4.78, 5) is 11.9. The summed E-state index contributed by atoms with van der Waals surface area (Å²) in [6.07, 6.45) is 2.03. The summed E-state index contributed by atoms with van der Waals surface area (Å²) in [5, 5.41) is 16.6. The quantitative estimate of drug-likeness (QED) is 0.830. The van der Waals surface area contributed by atoms with E-state index in [1.54, 1.807) is 42.3 Å². The van der Waals surface area contributed by atoms with Crippen LogP contribution < -0.4 is 5.32 Å². The maximum absolute atomic E-state index is 11.9. The number of rotatable bonds is 6. The van der Waals surface area contributed by atoms with Gasteiger partial charge in [-0.3, -0.25) is 9.48 Å². The molecule has 106 valence electrons. The van der Waals surface area contributed by atoms with Gasteiger partial charge in [-0.25, -0.2) is 0 Å². The van der Waals surface area contributed by atoms with Crippen LogP contribution in [0.4, 0.5) is 5.69 Å². The highest BCUT2D eigenvalue weighted by atomic mass is 16.5. The molecule has 1 heterocycles. The fourth-order valence-corrected chi connectivity index (χ4v) is 1.73. The zero-order chi connectivity index (χ0) is 14.4. The maximum Gasteiger partial charge on any atom is 0.257 e. The Morgan fingerprint density at radius 3 is 2.90 bits per heavy atom. The van der Waals surface area contributed by atoms with Crippen LogP contribution in [0.5, 0.6) is 0 Å². The third-order valence-electron chi connectivity index (χ3n) is 2.79. The minimum Gasteiger partial charge on any atom is -0.383 e. The first-order valence-corrected chi connectivity index (χ1v) is 6.26. The van der Waals surface area contributed by atoms with Gasteiger partial charge in [-0.15, -0.1) is 0 Å². The predicted octanol–water partition coefficient (Wildman–Crippen LogP) is 1.20. The van der Waals surface area contributed by atoms with Crippen molar-refractivity contribution in [1.29, 1.82) is 0 Å². The van der Waals surface area contributed by atoms with Crippen LogP contribution in [0, 0.1) is 0 Å². The molecule has 0 saturated carbocycles. The molecule has 1 aromatic heterocycles. The summed E-state index contributed by atoms with van der Waals surface area (Å²) < 4.78 is 6.60. The van der Waals surface area contributed by atoms with Crippen LogP contribution in [0.2, 0.25) is 0 Å². The second kappa shape index (κ2) is 6.83. The lowest BCUT2D eigenvalue weighted by atomic mass is 10.1. The first-order chi connectivity index (χ1) is 9.70. The predicted molar refractivity (Wildman–Crippen MR) is 74.1 cm³/mol. The Morgan fingerprint density at radius 1 is 1.45 bits per heavy atom. The van der Waals surface area contributed by atoms with Gasteiger partial charge in [0.15, 0.2) is 6.10 Å². The molecule has 0 bridgehead atoms. The van der Waals surface area contributed by atoms with Gasteiger partial charge < -0.3 is 15.2 Å². The van der Waals surface area contributed by atoms with Gasteiger partial charge in [0.25, 0.3) is 5.91 Å². The summed E-state index contributed by atoms with van der Waals surface area (Å²) >= 11 is 0. The second-order valence-corrected chi connectivity index (χ2v) is 4.29. The number of nitrogens with one attached hydrogen (secondary N) is 1. The molecule has 6 heteroatoms. The van der Waals surface area contributed by atoms with E-state index in [4.69, 9.17) is 4.74 Å². The molecule has 1 amide bonds. The molecule has 6 nitrogen and oxygen atoms in total. The van der Waals surface area contributed by atoms with Crippen LogP contribution in [-0.4, -0.2) is 34.5 Å². The fourth-order valence-electron chi connectivity index (χ4n) is 1.73. The number of hydrogen-bond acceptors (Lipinski definition) is 4. The number of nitrogens with zero attached hydrogens (tertiary/aromatic N) is 2. The number of ether oxygens (including phenoxy) is 1. The number of aliphatic hydroxyl groups excluding tert-OH is 1. The van der Waals surface area contributed by atoms with Gasteiger partial charge in [-0.2, -0.15) is 5.10 Å². The van der Waals surface area contributed by atoms with Gasteiger partial charge in [0.1, 0.15) is 0 Å². The van der Waals surface area contributed by atoms with Crippen LogP contribution in [-0.2, 0) is 16.1 Å². The lowest BCUT2D eigenvalue weighted by Gasteiger charge is -2.10. The van der Waals surface area contributed by atoms with Crippen molar-refractivity contribution < 1.29 is 14.6 Å². The SMILES string of the molecule is COCCn1cc(NC(=O)C(O)c2ccccc2)cn1. The molecule has 1 unspecified atom stereocenters. The molecule has 1 aromatic carbocycles. The number of benzene rings is 1. The molecular formula is C14H17N3O3. The van der Waals surface area contributed by atoms with Crippen molar-refractivity contribution in [3.05, 3.63) is 48.3 Å². The van der Waals surface area contributed by atoms with Gasteiger partial charge in [-0.05, 0) is 5.56 Å². The lowest BCUT2D eigenvalue weighted by molar-refractivity contribution is -0.124. The summed E-state index contributed by atoms with van der Waals surface area (Å²) in [6.45, 7) is 1.15. The van der Waals surface area contributed by atoms with Crippen molar-refractivity contribution in [1.82, 2.24) is 9.78 Å². The van der Waals surface area contributed by atoms with Gasteiger partial charge >= 0.3 is 0 Å². The molecule has 0 radical (unpaired) electrons. The number of amides is 1. The minimum absolute atomic E-state index is 0.484. The molecule has 0 fully saturated rings. The highest BCUT2D eigenvalue weighted by Crippen LogP contribution is 2.15. The van der Waals surface area contributed by atoms with E-state index >= 15 is 0 Å². The van der Waals surface area contributed by atoms with Crippen molar-refractivity contribution in [2.24, 2.45) is 0 Å². The topological polar surface area (TPSA) is 76.4 Å². The molecule has 0 aliphatic carbocycles. The van der Waals surface area contributed by atoms with Crippen molar-refractivity contribution in [3.8, 4) is 0 Å². The average molecular weight is 275 g/mol. The third kappa shape index (κ3) is 3.66. The molecule has 1 atom stereocenters. The molecule has 0 aliphatic rings. The highest BCUT2D eigenvalue weighted by molar-refractivity contribution is 5.94. The van der Waals surface area contributed by atoms with Crippen molar-refractivity contribution in [2.75, 3.05) is 19.0 Å². The van der Waals surface area contributed by atoms with E-state index in [0.717, 1.165) is 0 Å². The zero-order valence-corrected chi connectivity index (χ0v) is 11.2. The van der Waals surface area contributed by atoms with E-state index < -0.39 is 12.0 Å². The molecule has 0 aliphatic heterocycles. The van der Waals surface area contributed by atoms with E-state index in [1.807, 2.05) is 6.07 Å². The number of methoxy groups -OCH3 is 1. The van der Waals surface area contributed by atoms with Crippen LogP contribution in [0.1, 0.15) is 11.7 Å². The number of aromatic nitrogens is 2. The second-order valence-electron chi connectivity index (χ2n) is 4.29. The monoisotopic (exact) mass is 275 g/mol. The van der Waals surface area contributed by atoms with Crippen LogP contribution in [0.3, 0.4) is 0 Å². The summed E-state index contributed by atoms with van der Waals surface area (Å²) in [6, 6.07) is 8.77. The van der Waals surface area contributed by atoms with Gasteiger partial charge in [0.05, 0.1) is 25.0 Å². The van der Waals surface area contributed by atoms with Gasteiger partial charge in [0, 0.05) is 13.3 Å². The Kier molecular flexibility index (Phi) is 4.86. The number of aliphatic hydroxyl groups is 1. The van der Waals surface area contributed by atoms with Crippen molar-refractivity contribution in [2.45, 2.75) is 12.6 Å². The highest BCUT2D eigenvalue weighted by Gasteiger charge is 2.17. The van der Waals surface area contributed by atoms with E-state index in [0.29, 0.717) is 24.4 Å². The van der Waals surface area contributed by atoms with Gasteiger partial charge in [0.2, 0.25) is 0 Å². The van der Waals surface area contributed by atoms with Crippen LogP contribution >= 0.6 is 0 Å². The Morgan fingerprint density at radius 2 is 2.20 bits per heavy atom. The largest absolute Gasteiger partial charge is 0.383 e. The third-order valence-corrected chi connectivity index (χ3v) is 2.79. The van der Waals surface area contributed by atoms with Crippen LogP contribution in [0.15, 0.2) is 42.7 Å². The average Bonchev–Trinajstić information content (AvgIpc) is 2.92. The van der Waals surface area contributed by atoms with Crippen LogP contribution in [0.25, 0.3) is 0 Å². The fraction of sp³-hybridized carbons (Fsp3) is 0.286. The molecule has 2 N–H and O–H groups in total. The number of hydrogen-bond donors (Lipinski definition) is 2. The first-order valence-electron chi connectivity index (χ1n) is 6.26. The molecular weight excluding hydrogens is 258 g/mol. The Balaban J connectivity index is 1.95. The van der Waals surface area contributed by atoms with E-state index in [9.17, 15) is 9.90 Å².